The maximum absolute atomic E-state index is 12.3. The molecule has 2 N–H and O–H groups in total. The predicted octanol–water partition coefficient (Wildman–Crippen LogP) is 2.74. The lowest BCUT2D eigenvalue weighted by Crippen LogP contribution is -2.33. The van der Waals surface area contributed by atoms with Crippen molar-refractivity contribution in [1.82, 2.24) is 4.90 Å². The number of phenols is 2. The van der Waals surface area contributed by atoms with Gasteiger partial charge in [0.25, 0.3) is 5.91 Å². The summed E-state index contributed by atoms with van der Waals surface area (Å²) in [5.74, 6) is -0.703. The Balaban J connectivity index is 2.94. The van der Waals surface area contributed by atoms with Crippen LogP contribution in [0, 0.1) is 0 Å². The first-order valence-electron chi connectivity index (χ1n) is 5.98. The summed E-state index contributed by atoms with van der Waals surface area (Å²) in [5, 5.41) is 20.0. The normalized spacial score (nSPS) is 10.3. The molecule has 5 heteroatoms. The Hall–Kier alpha value is -1.23. The molecule has 1 aromatic rings. The summed E-state index contributed by atoms with van der Waals surface area (Å²) in [4.78, 5) is 13.9. The van der Waals surface area contributed by atoms with Crippen molar-refractivity contribution in [2.45, 2.75) is 19.8 Å². The number of amides is 1. The van der Waals surface area contributed by atoms with Gasteiger partial charge in [-0.3, -0.25) is 4.79 Å². The van der Waals surface area contributed by atoms with Crippen LogP contribution in [-0.2, 0) is 0 Å². The summed E-state index contributed by atoms with van der Waals surface area (Å²) in [6.07, 6.45) is 1.88. The van der Waals surface area contributed by atoms with Gasteiger partial charge < -0.3 is 15.1 Å². The molecular formula is C13H18BrNO3. The molecule has 1 amide bonds. The first kappa shape index (κ1) is 14.8. The van der Waals surface area contributed by atoms with Gasteiger partial charge in [0.2, 0.25) is 0 Å². The third-order valence-corrected chi connectivity index (χ3v) is 3.01. The SMILES string of the molecule is CCCCN(CCBr)C(=O)c1c(O)cccc1O. The Morgan fingerprint density at radius 3 is 2.39 bits per heavy atom. The maximum atomic E-state index is 12.3. The Morgan fingerprint density at radius 1 is 1.28 bits per heavy atom. The molecule has 0 radical (unpaired) electrons. The minimum atomic E-state index is -0.335. The summed E-state index contributed by atoms with van der Waals surface area (Å²) in [6.45, 7) is 3.22. The minimum Gasteiger partial charge on any atom is -0.507 e. The molecule has 0 bridgehead atoms. The topological polar surface area (TPSA) is 60.8 Å². The van der Waals surface area contributed by atoms with E-state index in [1.54, 1.807) is 4.90 Å². The van der Waals surface area contributed by atoms with Gasteiger partial charge in [0.1, 0.15) is 17.1 Å². The molecule has 18 heavy (non-hydrogen) atoms. The number of unbranched alkanes of at least 4 members (excludes halogenated alkanes) is 1. The van der Waals surface area contributed by atoms with Gasteiger partial charge in [0.15, 0.2) is 0 Å². The standard InChI is InChI=1S/C13H18BrNO3/c1-2-3-8-15(9-7-14)13(18)12-10(16)5-4-6-11(12)17/h4-6,16-17H,2-3,7-9H2,1H3. The first-order chi connectivity index (χ1) is 8.61. The van der Waals surface area contributed by atoms with Gasteiger partial charge in [-0.05, 0) is 18.6 Å². The number of nitrogens with zero attached hydrogens (tertiary/aromatic N) is 1. The number of alkyl halides is 1. The van der Waals surface area contributed by atoms with Crippen LogP contribution in [0.15, 0.2) is 18.2 Å². The zero-order chi connectivity index (χ0) is 13.5. The third kappa shape index (κ3) is 3.63. The van der Waals surface area contributed by atoms with E-state index < -0.39 is 0 Å². The quantitative estimate of drug-likeness (QED) is 0.793. The number of carbonyl (C=O) groups excluding carboxylic acids is 1. The second-order valence-electron chi connectivity index (χ2n) is 4.01. The molecule has 0 saturated heterocycles. The van der Waals surface area contributed by atoms with Crippen LogP contribution in [-0.4, -0.2) is 39.4 Å². The van der Waals surface area contributed by atoms with Crippen molar-refractivity contribution in [3.8, 4) is 11.5 Å². The van der Waals surface area contributed by atoms with Gasteiger partial charge in [-0.1, -0.05) is 35.3 Å². The molecule has 0 aliphatic carbocycles. The van der Waals surface area contributed by atoms with E-state index in [1.807, 2.05) is 6.92 Å². The van der Waals surface area contributed by atoms with E-state index in [2.05, 4.69) is 15.9 Å². The Bertz CT molecular complexity index is 389. The second kappa shape index (κ2) is 7.26. The lowest BCUT2D eigenvalue weighted by Gasteiger charge is -2.22. The van der Waals surface area contributed by atoms with Crippen molar-refractivity contribution in [3.05, 3.63) is 23.8 Å². The number of rotatable bonds is 6. The van der Waals surface area contributed by atoms with Crippen molar-refractivity contribution in [2.24, 2.45) is 0 Å². The van der Waals surface area contributed by atoms with Crippen LogP contribution in [0.5, 0.6) is 11.5 Å². The van der Waals surface area contributed by atoms with Gasteiger partial charge in [0, 0.05) is 18.4 Å². The highest BCUT2D eigenvalue weighted by atomic mass is 79.9. The summed E-state index contributed by atoms with van der Waals surface area (Å²) >= 11 is 3.30. The van der Waals surface area contributed by atoms with Crippen molar-refractivity contribution >= 4 is 21.8 Å². The fourth-order valence-electron chi connectivity index (χ4n) is 1.67. The van der Waals surface area contributed by atoms with E-state index in [4.69, 9.17) is 0 Å². The lowest BCUT2D eigenvalue weighted by atomic mass is 10.1. The zero-order valence-electron chi connectivity index (χ0n) is 10.4. The largest absolute Gasteiger partial charge is 0.507 e. The molecule has 0 aliphatic rings. The molecule has 1 rings (SSSR count). The second-order valence-corrected chi connectivity index (χ2v) is 4.80. The third-order valence-electron chi connectivity index (χ3n) is 2.66. The summed E-state index contributed by atoms with van der Waals surface area (Å²) in [6, 6.07) is 4.31. The first-order valence-corrected chi connectivity index (χ1v) is 7.10. The van der Waals surface area contributed by atoms with E-state index in [0.717, 1.165) is 12.8 Å². The molecule has 0 aromatic heterocycles. The monoisotopic (exact) mass is 315 g/mol. The number of aromatic hydroxyl groups is 2. The van der Waals surface area contributed by atoms with Gasteiger partial charge >= 0.3 is 0 Å². The van der Waals surface area contributed by atoms with Crippen molar-refractivity contribution in [3.63, 3.8) is 0 Å². The Kier molecular flexibility index (Phi) is 5.98. The minimum absolute atomic E-state index is 0.0189. The zero-order valence-corrected chi connectivity index (χ0v) is 12.0. The summed E-state index contributed by atoms with van der Waals surface area (Å²) in [5.41, 5.74) is -0.0189. The number of hydrogen-bond donors (Lipinski definition) is 2. The number of phenolic OH excluding ortho intramolecular Hbond substituents is 2. The molecular weight excluding hydrogens is 298 g/mol. The van der Waals surface area contributed by atoms with E-state index in [0.29, 0.717) is 18.4 Å². The van der Waals surface area contributed by atoms with Gasteiger partial charge in [0.05, 0.1) is 0 Å². The molecule has 1 aromatic carbocycles. The molecule has 0 aliphatic heterocycles. The highest BCUT2D eigenvalue weighted by molar-refractivity contribution is 9.09. The van der Waals surface area contributed by atoms with Crippen molar-refractivity contribution in [1.29, 1.82) is 0 Å². The van der Waals surface area contributed by atoms with E-state index in [9.17, 15) is 15.0 Å². The van der Waals surface area contributed by atoms with Crippen LogP contribution < -0.4 is 0 Å². The molecule has 0 saturated carbocycles. The molecule has 0 atom stereocenters. The van der Waals surface area contributed by atoms with Crippen LogP contribution in [0.4, 0.5) is 0 Å². The number of hydrogen-bond acceptors (Lipinski definition) is 3. The average molecular weight is 316 g/mol. The highest BCUT2D eigenvalue weighted by Crippen LogP contribution is 2.27. The van der Waals surface area contributed by atoms with Crippen molar-refractivity contribution in [2.75, 3.05) is 18.4 Å². The fraction of sp³-hybridized carbons (Fsp3) is 0.462. The number of carbonyl (C=O) groups is 1. The molecule has 4 nitrogen and oxygen atoms in total. The van der Waals surface area contributed by atoms with Crippen LogP contribution in [0.25, 0.3) is 0 Å². The highest BCUT2D eigenvalue weighted by Gasteiger charge is 2.21. The summed E-state index contributed by atoms with van der Waals surface area (Å²) < 4.78 is 0. The van der Waals surface area contributed by atoms with Gasteiger partial charge in [-0.25, -0.2) is 0 Å². The van der Waals surface area contributed by atoms with E-state index >= 15 is 0 Å². The average Bonchev–Trinajstić information content (AvgIpc) is 2.34. The van der Waals surface area contributed by atoms with Crippen LogP contribution in [0.3, 0.4) is 0 Å². The molecule has 0 fully saturated rings. The van der Waals surface area contributed by atoms with E-state index in [1.165, 1.54) is 18.2 Å². The van der Waals surface area contributed by atoms with Crippen LogP contribution in [0.2, 0.25) is 0 Å². The summed E-state index contributed by atoms with van der Waals surface area (Å²) in [7, 11) is 0. The lowest BCUT2D eigenvalue weighted by molar-refractivity contribution is 0.0758. The smallest absolute Gasteiger partial charge is 0.261 e. The van der Waals surface area contributed by atoms with E-state index in [-0.39, 0.29) is 23.0 Å². The Morgan fingerprint density at radius 2 is 1.89 bits per heavy atom. The van der Waals surface area contributed by atoms with Gasteiger partial charge in [-0.2, -0.15) is 0 Å². The number of halogens is 1. The van der Waals surface area contributed by atoms with Crippen molar-refractivity contribution < 1.29 is 15.0 Å². The van der Waals surface area contributed by atoms with Gasteiger partial charge in [-0.15, -0.1) is 0 Å². The predicted molar refractivity (Wildman–Crippen MR) is 74.4 cm³/mol. The molecule has 100 valence electrons. The van der Waals surface area contributed by atoms with Crippen LogP contribution in [0.1, 0.15) is 30.1 Å². The maximum Gasteiger partial charge on any atom is 0.261 e. The van der Waals surface area contributed by atoms with Crippen LogP contribution >= 0.6 is 15.9 Å². The fourth-order valence-corrected chi connectivity index (χ4v) is 2.10. The molecule has 0 unspecified atom stereocenters. The number of benzene rings is 1. The Labute approximate surface area is 115 Å². The molecule has 0 spiro atoms. The molecule has 0 heterocycles.